The fourth-order valence-corrected chi connectivity index (χ4v) is 2.42. The predicted molar refractivity (Wildman–Crippen MR) is 82.9 cm³/mol. The van der Waals surface area contributed by atoms with Crippen LogP contribution in [-0.4, -0.2) is 17.6 Å². The van der Waals surface area contributed by atoms with Crippen LogP contribution < -0.4 is 5.32 Å². The average Bonchev–Trinajstić information content (AvgIpc) is 2.39. The molecule has 0 aliphatic heterocycles. The zero-order chi connectivity index (χ0) is 15.0. The normalized spacial score (nSPS) is 12.6. The van der Waals surface area contributed by atoms with Crippen LogP contribution in [0.25, 0.3) is 0 Å². The van der Waals surface area contributed by atoms with E-state index in [9.17, 15) is 4.79 Å². The van der Waals surface area contributed by atoms with Gasteiger partial charge in [0.1, 0.15) is 0 Å². The van der Waals surface area contributed by atoms with E-state index >= 15 is 0 Å². The van der Waals surface area contributed by atoms with Crippen molar-refractivity contribution in [2.45, 2.75) is 52.5 Å². The number of aliphatic carboxylic acids is 1. The summed E-state index contributed by atoms with van der Waals surface area (Å²) in [5, 5.41) is 12.1. The molecule has 1 atom stereocenters. The molecule has 0 bridgehead atoms. The summed E-state index contributed by atoms with van der Waals surface area (Å²) in [5.74, 6) is -0.242. The highest BCUT2D eigenvalue weighted by Crippen LogP contribution is 2.22. The van der Waals surface area contributed by atoms with Crippen LogP contribution in [0.3, 0.4) is 0 Å². The lowest BCUT2D eigenvalue weighted by Gasteiger charge is -2.23. The van der Waals surface area contributed by atoms with Crippen molar-refractivity contribution in [1.29, 1.82) is 0 Å². The Kier molecular flexibility index (Phi) is 7.31. The van der Waals surface area contributed by atoms with Crippen LogP contribution in [-0.2, 0) is 11.2 Å². The summed E-state index contributed by atoms with van der Waals surface area (Å²) < 4.78 is 0. The molecule has 112 valence electrons. The molecule has 0 amide bonds. The van der Waals surface area contributed by atoms with Crippen molar-refractivity contribution in [2.75, 3.05) is 6.54 Å². The molecular weight excluding hydrogens is 250 g/mol. The molecular formula is C17H27NO2. The molecule has 0 aromatic heterocycles. The zero-order valence-corrected chi connectivity index (χ0v) is 12.9. The third kappa shape index (κ3) is 5.74. The molecule has 0 spiro atoms. The summed E-state index contributed by atoms with van der Waals surface area (Å²) in [6.07, 6.45) is 3.19. The maximum absolute atomic E-state index is 10.5. The first kappa shape index (κ1) is 16.7. The van der Waals surface area contributed by atoms with Crippen molar-refractivity contribution in [3.8, 4) is 0 Å². The Bertz CT molecular complexity index is 398. The number of hydrogen-bond acceptors (Lipinski definition) is 2. The van der Waals surface area contributed by atoms with E-state index in [4.69, 9.17) is 5.11 Å². The van der Waals surface area contributed by atoms with E-state index in [1.165, 1.54) is 17.5 Å². The van der Waals surface area contributed by atoms with Gasteiger partial charge in [-0.05, 0) is 36.4 Å². The molecule has 20 heavy (non-hydrogen) atoms. The van der Waals surface area contributed by atoms with Crippen LogP contribution >= 0.6 is 0 Å². The first-order chi connectivity index (χ1) is 9.54. The van der Waals surface area contributed by atoms with Gasteiger partial charge in [0, 0.05) is 12.5 Å². The second kappa shape index (κ2) is 8.75. The lowest BCUT2D eigenvalue weighted by Crippen LogP contribution is -2.27. The van der Waals surface area contributed by atoms with Gasteiger partial charge in [-0.15, -0.1) is 0 Å². The molecule has 0 heterocycles. The van der Waals surface area contributed by atoms with Crippen molar-refractivity contribution in [3.63, 3.8) is 0 Å². The van der Waals surface area contributed by atoms with Gasteiger partial charge >= 0.3 is 5.97 Å². The Morgan fingerprint density at radius 1 is 1.25 bits per heavy atom. The van der Waals surface area contributed by atoms with Gasteiger partial charge in [0.25, 0.3) is 0 Å². The first-order valence-corrected chi connectivity index (χ1v) is 7.58. The van der Waals surface area contributed by atoms with Crippen LogP contribution in [0.2, 0.25) is 0 Å². The molecule has 0 aliphatic rings. The fourth-order valence-electron chi connectivity index (χ4n) is 2.42. The zero-order valence-electron chi connectivity index (χ0n) is 12.9. The molecule has 1 aromatic rings. The smallest absolute Gasteiger partial charge is 0.303 e. The molecule has 3 heteroatoms. The van der Waals surface area contributed by atoms with Crippen molar-refractivity contribution in [3.05, 3.63) is 35.4 Å². The molecule has 0 saturated heterocycles. The number of hydrogen-bond donors (Lipinski definition) is 2. The molecule has 3 nitrogen and oxygen atoms in total. The van der Waals surface area contributed by atoms with Gasteiger partial charge in [0.15, 0.2) is 0 Å². The maximum atomic E-state index is 10.5. The Morgan fingerprint density at radius 2 is 1.90 bits per heavy atom. The number of carboxylic acids is 1. The van der Waals surface area contributed by atoms with E-state index in [1.807, 2.05) is 0 Å². The topological polar surface area (TPSA) is 49.3 Å². The molecule has 1 unspecified atom stereocenters. The summed E-state index contributed by atoms with van der Waals surface area (Å²) >= 11 is 0. The van der Waals surface area contributed by atoms with Crippen LogP contribution in [0, 0.1) is 5.92 Å². The monoisotopic (exact) mass is 277 g/mol. The van der Waals surface area contributed by atoms with Crippen LogP contribution in [0.1, 0.15) is 57.2 Å². The quantitative estimate of drug-likeness (QED) is 0.675. The summed E-state index contributed by atoms with van der Waals surface area (Å²) in [7, 11) is 0. The predicted octanol–water partition coefficient (Wildman–Crippen LogP) is 3.79. The van der Waals surface area contributed by atoms with Crippen molar-refractivity contribution < 1.29 is 9.90 Å². The van der Waals surface area contributed by atoms with E-state index in [2.05, 4.69) is 50.4 Å². The summed E-state index contributed by atoms with van der Waals surface area (Å²) in [5.41, 5.74) is 2.67. The summed E-state index contributed by atoms with van der Waals surface area (Å²) in [4.78, 5) is 10.5. The summed E-state index contributed by atoms with van der Waals surface area (Å²) in [6.45, 7) is 7.31. The fraction of sp³-hybridized carbons (Fsp3) is 0.588. The number of rotatable bonds is 9. The number of carboxylic acid groups (broad SMARTS) is 1. The van der Waals surface area contributed by atoms with Gasteiger partial charge in [-0.25, -0.2) is 0 Å². The minimum absolute atomic E-state index is 0.229. The Labute approximate surface area is 122 Å². The summed E-state index contributed by atoms with van der Waals surface area (Å²) in [6, 6.07) is 9.08. The minimum Gasteiger partial charge on any atom is -0.481 e. The highest BCUT2D eigenvalue weighted by Gasteiger charge is 2.14. The van der Waals surface area contributed by atoms with Gasteiger partial charge in [0.2, 0.25) is 0 Å². The second-order valence-electron chi connectivity index (χ2n) is 5.66. The van der Waals surface area contributed by atoms with Gasteiger partial charge in [-0.3, -0.25) is 4.79 Å². The number of carbonyl (C=O) groups is 1. The Balaban J connectivity index is 2.58. The molecule has 0 fully saturated rings. The lowest BCUT2D eigenvalue weighted by molar-refractivity contribution is -0.137. The highest BCUT2D eigenvalue weighted by atomic mass is 16.4. The molecule has 0 saturated carbocycles. The van der Waals surface area contributed by atoms with Crippen molar-refractivity contribution >= 4 is 5.97 Å². The molecule has 2 N–H and O–H groups in total. The Morgan fingerprint density at radius 3 is 2.40 bits per heavy atom. The maximum Gasteiger partial charge on any atom is 0.303 e. The molecule has 1 aromatic carbocycles. The van der Waals surface area contributed by atoms with Gasteiger partial charge in [0.05, 0.1) is 0 Å². The van der Waals surface area contributed by atoms with E-state index in [1.54, 1.807) is 0 Å². The molecule has 0 radical (unpaired) electrons. The molecule has 0 aliphatic carbocycles. The first-order valence-electron chi connectivity index (χ1n) is 7.58. The van der Waals surface area contributed by atoms with Crippen LogP contribution in [0.5, 0.6) is 0 Å². The van der Waals surface area contributed by atoms with Gasteiger partial charge in [-0.2, -0.15) is 0 Å². The van der Waals surface area contributed by atoms with Crippen LogP contribution in [0.15, 0.2) is 24.3 Å². The third-order valence-electron chi connectivity index (χ3n) is 3.48. The minimum atomic E-state index is -0.725. The van der Waals surface area contributed by atoms with E-state index in [-0.39, 0.29) is 6.42 Å². The largest absolute Gasteiger partial charge is 0.481 e. The number of aryl methyl sites for hydroxylation is 1. The number of nitrogens with one attached hydrogen (secondary N) is 1. The van der Waals surface area contributed by atoms with Crippen molar-refractivity contribution in [2.24, 2.45) is 5.92 Å². The average molecular weight is 277 g/mol. The number of benzene rings is 1. The molecule has 1 rings (SSSR count). The van der Waals surface area contributed by atoms with Crippen molar-refractivity contribution in [1.82, 2.24) is 5.32 Å². The van der Waals surface area contributed by atoms with Crippen LogP contribution in [0.4, 0.5) is 0 Å². The SMILES string of the molecule is CCCc1ccc(C(NCCCC(=O)O)C(C)C)cc1. The van der Waals surface area contributed by atoms with Gasteiger partial charge in [-0.1, -0.05) is 51.5 Å². The lowest BCUT2D eigenvalue weighted by atomic mass is 9.94. The van der Waals surface area contributed by atoms with E-state index in [0.717, 1.165) is 13.0 Å². The Hall–Kier alpha value is -1.35. The third-order valence-corrected chi connectivity index (χ3v) is 3.48. The second-order valence-corrected chi connectivity index (χ2v) is 5.66. The standard InChI is InChI=1S/C17H27NO2/c1-4-6-14-8-10-15(11-9-14)17(13(2)3)18-12-5-7-16(19)20/h8-11,13,17-18H,4-7,12H2,1-3H3,(H,19,20). The van der Waals surface area contributed by atoms with Gasteiger partial charge < -0.3 is 10.4 Å². The highest BCUT2D eigenvalue weighted by molar-refractivity contribution is 5.66. The van der Waals surface area contributed by atoms with E-state index < -0.39 is 5.97 Å². The van der Waals surface area contributed by atoms with E-state index in [0.29, 0.717) is 18.4 Å².